The summed E-state index contributed by atoms with van der Waals surface area (Å²) in [5.41, 5.74) is 2.15. The van der Waals surface area contributed by atoms with Crippen molar-refractivity contribution in [2.24, 2.45) is 5.92 Å². The number of carbonyl (C=O) groups is 2. The second-order valence-electron chi connectivity index (χ2n) is 6.39. The number of hydrogen-bond acceptors (Lipinski definition) is 2. The molecule has 1 aliphatic heterocycles. The molecule has 0 saturated carbocycles. The van der Waals surface area contributed by atoms with Crippen molar-refractivity contribution in [2.45, 2.75) is 45.2 Å². The maximum Gasteiger partial charge on any atom is 0.393 e. The molecule has 1 amide bonds. The average Bonchev–Trinajstić information content (AvgIpc) is 2.84. The van der Waals surface area contributed by atoms with Crippen LogP contribution in [0.1, 0.15) is 57.8 Å². The molecule has 3 rings (SSSR count). The lowest BCUT2D eigenvalue weighted by Crippen LogP contribution is -2.44. The van der Waals surface area contributed by atoms with Crippen molar-refractivity contribution in [2.75, 3.05) is 13.1 Å². The first-order valence-electron chi connectivity index (χ1n) is 7.89. The van der Waals surface area contributed by atoms with E-state index in [4.69, 9.17) is 0 Å². The van der Waals surface area contributed by atoms with Crippen molar-refractivity contribution in [1.29, 1.82) is 0 Å². The van der Waals surface area contributed by atoms with E-state index in [2.05, 4.69) is 4.98 Å². The smallest absolute Gasteiger partial charge is 0.354 e. The third kappa shape index (κ3) is 2.88. The highest BCUT2D eigenvalue weighted by atomic mass is 19.4. The number of Topliss-reactive ketones (excluding diaryl/α,β-unsaturated/α-hetero) is 1. The normalized spacial score (nSPS) is 22.2. The number of nitrogens with one attached hydrogen (secondary N) is 1. The van der Waals surface area contributed by atoms with Crippen molar-refractivity contribution in [3.63, 3.8) is 0 Å². The molecule has 0 radical (unpaired) electrons. The molecule has 4 nitrogen and oxygen atoms in total. The van der Waals surface area contributed by atoms with E-state index < -0.39 is 18.0 Å². The highest BCUT2D eigenvalue weighted by molar-refractivity contribution is 6.04. The Bertz CT molecular complexity index is 648. The lowest BCUT2D eigenvalue weighted by Gasteiger charge is -2.33. The third-order valence-electron chi connectivity index (χ3n) is 4.82. The first-order valence-corrected chi connectivity index (χ1v) is 7.89. The average molecular weight is 328 g/mol. The van der Waals surface area contributed by atoms with Crippen LogP contribution in [-0.2, 0) is 6.42 Å². The van der Waals surface area contributed by atoms with Crippen LogP contribution in [0.5, 0.6) is 0 Å². The SMILES string of the molecule is Cc1c(C(=O)N2CCC[C@@H](C(F)(F)F)C2)[nH]c2c1C(=O)CCC2. The second-order valence-corrected chi connectivity index (χ2v) is 6.39. The first kappa shape index (κ1) is 16.1. The highest BCUT2D eigenvalue weighted by Gasteiger charge is 2.43. The molecule has 1 saturated heterocycles. The van der Waals surface area contributed by atoms with Crippen LogP contribution < -0.4 is 0 Å². The fourth-order valence-corrected chi connectivity index (χ4v) is 3.57. The zero-order valence-corrected chi connectivity index (χ0v) is 12.9. The fourth-order valence-electron chi connectivity index (χ4n) is 3.57. The van der Waals surface area contributed by atoms with Crippen molar-refractivity contribution in [1.82, 2.24) is 9.88 Å². The zero-order valence-electron chi connectivity index (χ0n) is 12.9. The topological polar surface area (TPSA) is 53.2 Å². The number of hydrogen-bond donors (Lipinski definition) is 1. The van der Waals surface area contributed by atoms with Crippen molar-refractivity contribution in [3.8, 4) is 0 Å². The van der Waals surface area contributed by atoms with E-state index in [0.717, 1.165) is 12.1 Å². The molecule has 2 aliphatic rings. The van der Waals surface area contributed by atoms with Gasteiger partial charge in [-0.25, -0.2) is 0 Å². The number of alkyl halides is 3. The molecule has 0 unspecified atom stereocenters. The standard InChI is InChI=1S/C16H19F3N2O2/c1-9-13-11(5-2-6-12(13)22)20-14(9)15(23)21-7-3-4-10(8-21)16(17,18)19/h10,20H,2-8H2,1H3/t10-/m1/s1. The Morgan fingerprint density at radius 1 is 1.26 bits per heavy atom. The molecule has 0 spiro atoms. The van der Waals surface area contributed by atoms with Gasteiger partial charge in [0.2, 0.25) is 0 Å². The van der Waals surface area contributed by atoms with E-state index in [9.17, 15) is 22.8 Å². The maximum absolute atomic E-state index is 12.9. The Hall–Kier alpha value is -1.79. The van der Waals surface area contributed by atoms with Crippen LogP contribution in [0.25, 0.3) is 0 Å². The largest absolute Gasteiger partial charge is 0.393 e. The summed E-state index contributed by atoms with van der Waals surface area (Å²) in [6.45, 7) is 1.71. The van der Waals surface area contributed by atoms with Crippen LogP contribution in [0.4, 0.5) is 13.2 Å². The van der Waals surface area contributed by atoms with Crippen molar-refractivity contribution < 1.29 is 22.8 Å². The Balaban J connectivity index is 1.85. The molecule has 2 heterocycles. The van der Waals surface area contributed by atoms with E-state index >= 15 is 0 Å². The van der Waals surface area contributed by atoms with Gasteiger partial charge in [-0.3, -0.25) is 9.59 Å². The van der Waals surface area contributed by atoms with E-state index in [-0.39, 0.29) is 24.4 Å². The lowest BCUT2D eigenvalue weighted by atomic mass is 9.93. The minimum absolute atomic E-state index is 0.00543. The van der Waals surface area contributed by atoms with Gasteiger partial charge in [0.1, 0.15) is 5.69 Å². The minimum Gasteiger partial charge on any atom is -0.354 e. The number of aryl methyl sites for hydroxylation is 1. The molecule has 126 valence electrons. The van der Waals surface area contributed by atoms with E-state index in [0.29, 0.717) is 36.9 Å². The van der Waals surface area contributed by atoms with Gasteiger partial charge in [0, 0.05) is 30.8 Å². The monoisotopic (exact) mass is 328 g/mol. The van der Waals surface area contributed by atoms with Gasteiger partial charge >= 0.3 is 6.18 Å². The number of ketones is 1. The number of nitrogens with zero attached hydrogens (tertiary/aromatic N) is 1. The van der Waals surface area contributed by atoms with Crippen LogP contribution in [-0.4, -0.2) is 40.8 Å². The Morgan fingerprint density at radius 3 is 2.65 bits per heavy atom. The molecule has 1 atom stereocenters. The van der Waals surface area contributed by atoms with Crippen LogP contribution >= 0.6 is 0 Å². The fraction of sp³-hybridized carbons (Fsp3) is 0.625. The molecule has 1 aromatic heterocycles. The van der Waals surface area contributed by atoms with Gasteiger partial charge in [-0.2, -0.15) is 13.2 Å². The molecule has 1 fully saturated rings. The van der Waals surface area contributed by atoms with Crippen LogP contribution in [0, 0.1) is 12.8 Å². The summed E-state index contributed by atoms with van der Waals surface area (Å²) in [5.74, 6) is -1.89. The van der Waals surface area contributed by atoms with Gasteiger partial charge < -0.3 is 9.88 Å². The molecule has 0 aromatic carbocycles. The Kier molecular flexibility index (Phi) is 3.98. The number of H-pyrrole nitrogens is 1. The Labute approximate surface area is 132 Å². The summed E-state index contributed by atoms with van der Waals surface area (Å²) in [6, 6.07) is 0. The minimum atomic E-state index is -4.28. The van der Waals surface area contributed by atoms with Gasteiger partial charge in [0.05, 0.1) is 5.92 Å². The summed E-state index contributed by atoms with van der Waals surface area (Å²) >= 11 is 0. The molecule has 1 N–H and O–H groups in total. The van der Waals surface area contributed by atoms with E-state index in [1.807, 2.05) is 0 Å². The van der Waals surface area contributed by atoms with Crippen molar-refractivity contribution in [3.05, 3.63) is 22.5 Å². The summed E-state index contributed by atoms with van der Waals surface area (Å²) in [7, 11) is 0. The van der Waals surface area contributed by atoms with E-state index in [1.54, 1.807) is 6.92 Å². The molecule has 1 aliphatic carbocycles. The molecule has 1 aromatic rings. The molecular weight excluding hydrogens is 309 g/mol. The number of halogens is 3. The lowest BCUT2D eigenvalue weighted by molar-refractivity contribution is -0.184. The number of piperidine rings is 1. The van der Waals surface area contributed by atoms with Gasteiger partial charge in [0.25, 0.3) is 5.91 Å². The number of fused-ring (bicyclic) bond motifs is 1. The molecular formula is C16H19F3N2O2. The number of likely N-dealkylation sites (tertiary alicyclic amines) is 1. The number of carbonyl (C=O) groups excluding carboxylic acids is 2. The first-order chi connectivity index (χ1) is 10.8. The zero-order chi connectivity index (χ0) is 16.8. The van der Waals surface area contributed by atoms with Crippen LogP contribution in [0.15, 0.2) is 0 Å². The summed E-state index contributed by atoms with van der Waals surface area (Å²) in [5, 5.41) is 0. The molecule has 23 heavy (non-hydrogen) atoms. The number of aromatic nitrogens is 1. The number of amides is 1. The van der Waals surface area contributed by atoms with Gasteiger partial charge in [-0.05, 0) is 38.2 Å². The predicted molar refractivity (Wildman–Crippen MR) is 77.5 cm³/mol. The van der Waals surface area contributed by atoms with E-state index in [1.165, 1.54) is 4.90 Å². The number of rotatable bonds is 1. The molecule has 7 heteroatoms. The summed E-state index contributed by atoms with van der Waals surface area (Å²) in [6.07, 6.45) is -1.99. The van der Waals surface area contributed by atoms with Gasteiger partial charge in [-0.1, -0.05) is 0 Å². The van der Waals surface area contributed by atoms with Crippen molar-refractivity contribution >= 4 is 11.7 Å². The summed E-state index contributed by atoms with van der Waals surface area (Å²) in [4.78, 5) is 28.9. The van der Waals surface area contributed by atoms with Crippen LogP contribution in [0.2, 0.25) is 0 Å². The third-order valence-corrected chi connectivity index (χ3v) is 4.82. The number of aromatic amines is 1. The van der Waals surface area contributed by atoms with Gasteiger partial charge in [0.15, 0.2) is 5.78 Å². The predicted octanol–water partition coefficient (Wildman–Crippen LogP) is 3.26. The van der Waals surface area contributed by atoms with Crippen LogP contribution in [0.3, 0.4) is 0 Å². The van der Waals surface area contributed by atoms with Gasteiger partial charge in [-0.15, -0.1) is 0 Å². The summed E-state index contributed by atoms with van der Waals surface area (Å²) < 4.78 is 38.7. The Morgan fingerprint density at radius 2 is 2.00 bits per heavy atom. The molecule has 0 bridgehead atoms. The second kappa shape index (κ2) is 5.69. The highest BCUT2D eigenvalue weighted by Crippen LogP contribution is 2.34. The quantitative estimate of drug-likeness (QED) is 0.860. The maximum atomic E-state index is 12.9.